The van der Waals surface area contributed by atoms with Crippen LogP contribution in [0.5, 0.6) is 0 Å². The van der Waals surface area contributed by atoms with Crippen molar-refractivity contribution in [1.82, 2.24) is 9.88 Å². The summed E-state index contributed by atoms with van der Waals surface area (Å²) >= 11 is 13.0. The van der Waals surface area contributed by atoms with Crippen LogP contribution in [0.1, 0.15) is 5.01 Å². The van der Waals surface area contributed by atoms with Gasteiger partial charge in [-0.05, 0) is 48.6 Å². The fourth-order valence-electron chi connectivity index (χ4n) is 2.01. The van der Waals surface area contributed by atoms with Gasteiger partial charge in [-0.15, -0.1) is 11.3 Å². The minimum absolute atomic E-state index is 0.654. The van der Waals surface area contributed by atoms with Crippen molar-refractivity contribution >= 4 is 56.2 Å². The maximum absolute atomic E-state index is 5.88. The van der Waals surface area contributed by atoms with Gasteiger partial charge in [-0.25, -0.2) is 4.98 Å². The molecule has 0 unspecified atom stereocenters. The van der Waals surface area contributed by atoms with E-state index in [1.807, 2.05) is 54.4 Å². The number of fused-ring (bicyclic) bond motifs is 1. The number of nitrogens with zero attached hydrogens (tertiary/aromatic N) is 2. The Hall–Kier alpha value is -1.69. The summed E-state index contributed by atoms with van der Waals surface area (Å²) < 4.78 is 1.20. The lowest BCUT2D eigenvalue weighted by Crippen LogP contribution is -2.30. The molecule has 3 rings (SSSR count). The lowest BCUT2D eigenvalue weighted by Gasteiger charge is -2.19. The van der Waals surface area contributed by atoms with E-state index in [2.05, 4.69) is 16.4 Å². The number of benzene rings is 2. The molecule has 0 radical (unpaired) electrons. The van der Waals surface area contributed by atoms with E-state index in [0.717, 1.165) is 16.2 Å². The number of hydrogen-bond donors (Lipinski definition) is 1. The molecule has 0 aliphatic rings. The van der Waals surface area contributed by atoms with Gasteiger partial charge >= 0.3 is 0 Å². The van der Waals surface area contributed by atoms with E-state index in [1.54, 1.807) is 11.3 Å². The zero-order valence-corrected chi connectivity index (χ0v) is 14.3. The van der Waals surface area contributed by atoms with Crippen molar-refractivity contribution < 1.29 is 0 Å². The molecule has 0 saturated carbocycles. The number of aromatic nitrogens is 1. The van der Waals surface area contributed by atoms with Crippen LogP contribution in [0.2, 0.25) is 5.02 Å². The summed E-state index contributed by atoms with van der Waals surface area (Å²) in [5, 5.41) is 5.61. The molecule has 3 aromatic rings. The first-order chi connectivity index (χ1) is 10.6. The molecule has 0 fully saturated rings. The highest BCUT2D eigenvalue weighted by molar-refractivity contribution is 7.80. The summed E-state index contributed by atoms with van der Waals surface area (Å²) in [4.78, 5) is 6.60. The van der Waals surface area contributed by atoms with E-state index in [0.29, 0.717) is 16.7 Å². The monoisotopic (exact) mass is 347 g/mol. The first-order valence-corrected chi connectivity index (χ1v) is 8.34. The quantitative estimate of drug-likeness (QED) is 0.690. The van der Waals surface area contributed by atoms with Crippen LogP contribution in [0.25, 0.3) is 10.2 Å². The number of halogens is 1. The molecular weight excluding hydrogens is 334 g/mol. The van der Waals surface area contributed by atoms with Gasteiger partial charge < -0.3 is 10.2 Å². The maximum atomic E-state index is 5.88. The van der Waals surface area contributed by atoms with Crippen molar-refractivity contribution in [3.63, 3.8) is 0 Å². The second-order valence-electron chi connectivity index (χ2n) is 4.87. The Bertz CT molecular complexity index is 766. The highest BCUT2D eigenvalue weighted by Crippen LogP contribution is 2.22. The summed E-state index contributed by atoms with van der Waals surface area (Å²) in [6.07, 6.45) is 0. The van der Waals surface area contributed by atoms with E-state index in [9.17, 15) is 0 Å². The van der Waals surface area contributed by atoms with E-state index < -0.39 is 0 Å². The summed E-state index contributed by atoms with van der Waals surface area (Å²) in [6, 6.07) is 15.6. The molecule has 2 aromatic carbocycles. The van der Waals surface area contributed by atoms with Gasteiger partial charge in [0, 0.05) is 17.8 Å². The van der Waals surface area contributed by atoms with Gasteiger partial charge in [-0.1, -0.05) is 23.7 Å². The van der Waals surface area contributed by atoms with Crippen LogP contribution < -0.4 is 5.32 Å². The van der Waals surface area contributed by atoms with Gasteiger partial charge in [0.05, 0.1) is 16.8 Å². The van der Waals surface area contributed by atoms with Gasteiger partial charge in [0.2, 0.25) is 0 Å². The Labute approximate surface area is 143 Å². The predicted octanol–water partition coefficient (Wildman–Crippen LogP) is 4.78. The molecule has 0 atom stereocenters. The highest BCUT2D eigenvalue weighted by Gasteiger charge is 2.09. The lowest BCUT2D eigenvalue weighted by atomic mass is 10.3. The van der Waals surface area contributed by atoms with Gasteiger partial charge in [0.15, 0.2) is 5.11 Å². The third kappa shape index (κ3) is 3.55. The molecule has 1 heterocycles. The van der Waals surface area contributed by atoms with E-state index in [4.69, 9.17) is 23.8 Å². The van der Waals surface area contributed by atoms with Crippen molar-refractivity contribution in [2.45, 2.75) is 6.54 Å². The number of thiazole rings is 1. The first-order valence-electron chi connectivity index (χ1n) is 6.74. The molecule has 0 amide bonds. The number of anilines is 1. The summed E-state index contributed by atoms with van der Waals surface area (Å²) in [5.74, 6) is 0. The van der Waals surface area contributed by atoms with Crippen LogP contribution in [-0.2, 0) is 6.54 Å². The van der Waals surface area contributed by atoms with Gasteiger partial charge in [0.25, 0.3) is 0 Å². The summed E-state index contributed by atoms with van der Waals surface area (Å²) in [6.45, 7) is 0.679. The predicted molar refractivity (Wildman–Crippen MR) is 98.8 cm³/mol. The molecule has 0 bridgehead atoms. The van der Waals surface area contributed by atoms with Crippen LogP contribution in [-0.4, -0.2) is 22.0 Å². The summed E-state index contributed by atoms with van der Waals surface area (Å²) in [7, 11) is 1.96. The fourth-order valence-corrected chi connectivity index (χ4v) is 3.34. The molecule has 1 aromatic heterocycles. The standard InChI is InChI=1S/C16H14ClN3S2/c1-20(16(21)18-12-8-6-11(17)7-9-12)10-15-19-13-4-2-3-5-14(13)22-15/h2-9H,10H2,1H3,(H,18,21). The topological polar surface area (TPSA) is 28.2 Å². The van der Waals surface area contributed by atoms with Gasteiger partial charge in [-0.2, -0.15) is 0 Å². The van der Waals surface area contributed by atoms with Crippen LogP contribution in [0, 0.1) is 0 Å². The van der Waals surface area contributed by atoms with Crippen LogP contribution >= 0.6 is 35.2 Å². The Morgan fingerprint density at radius 2 is 1.95 bits per heavy atom. The first kappa shape index (κ1) is 15.2. The minimum atomic E-state index is 0.654. The number of thiocarbonyl (C=S) groups is 1. The molecule has 0 saturated heterocycles. The Morgan fingerprint density at radius 1 is 1.23 bits per heavy atom. The number of rotatable bonds is 3. The maximum Gasteiger partial charge on any atom is 0.173 e. The second-order valence-corrected chi connectivity index (χ2v) is 6.81. The third-order valence-corrected chi connectivity index (χ3v) is 4.84. The molecule has 6 heteroatoms. The smallest absolute Gasteiger partial charge is 0.173 e. The third-order valence-electron chi connectivity index (χ3n) is 3.15. The SMILES string of the molecule is CN(Cc1nc2ccccc2s1)C(=S)Nc1ccc(Cl)cc1. The lowest BCUT2D eigenvalue weighted by molar-refractivity contribution is 0.507. The largest absolute Gasteiger partial charge is 0.345 e. The van der Waals surface area contributed by atoms with Crippen molar-refractivity contribution in [2.75, 3.05) is 12.4 Å². The van der Waals surface area contributed by atoms with E-state index in [-0.39, 0.29) is 0 Å². The Morgan fingerprint density at radius 3 is 2.68 bits per heavy atom. The number of nitrogens with one attached hydrogen (secondary N) is 1. The molecule has 0 aliphatic heterocycles. The van der Waals surface area contributed by atoms with Gasteiger partial charge in [-0.3, -0.25) is 0 Å². The molecule has 1 N–H and O–H groups in total. The minimum Gasteiger partial charge on any atom is -0.345 e. The average molecular weight is 348 g/mol. The van der Waals surface area contributed by atoms with Crippen molar-refractivity contribution in [2.24, 2.45) is 0 Å². The van der Waals surface area contributed by atoms with Crippen LogP contribution in [0.15, 0.2) is 48.5 Å². The summed E-state index contributed by atoms with van der Waals surface area (Å²) in [5.41, 5.74) is 1.96. The Balaban J connectivity index is 1.66. The van der Waals surface area contributed by atoms with Crippen LogP contribution in [0.4, 0.5) is 5.69 Å². The van der Waals surface area contributed by atoms with Crippen molar-refractivity contribution in [3.05, 3.63) is 58.6 Å². The van der Waals surface area contributed by atoms with E-state index in [1.165, 1.54) is 4.70 Å². The zero-order chi connectivity index (χ0) is 15.5. The molecule has 0 aliphatic carbocycles. The Kier molecular flexibility index (Phi) is 4.57. The van der Waals surface area contributed by atoms with Crippen molar-refractivity contribution in [3.8, 4) is 0 Å². The molecule has 22 heavy (non-hydrogen) atoms. The van der Waals surface area contributed by atoms with Crippen LogP contribution in [0.3, 0.4) is 0 Å². The molecule has 0 spiro atoms. The molecule has 112 valence electrons. The van der Waals surface area contributed by atoms with Gasteiger partial charge in [0.1, 0.15) is 5.01 Å². The molecular formula is C16H14ClN3S2. The molecule has 3 nitrogen and oxygen atoms in total. The number of para-hydroxylation sites is 1. The zero-order valence-electron chi connectivity index (χ0n) is 11.9. The normalized spacial score (nSPS) is 10.6. The average Bonchev–Trinajstić information content (AvgIpc) is 2.91. The van der Waals surface area contributed by atoms with E-state index >= 15 is 0 Å². The highest BCUT2D eigenvalue weighted by atomic mass is 35.5. The fraction of sp³-hybridized carbons (Fsp3) is 0.125. The van der Waals surface area contributed by atoms with Crippen molar-refractivity contribution in [1.29, 1.82) is 0 Å². The number of hydrogen-bond acceptors (Lipinski definition) is 3. The second kappa shape index (κ2) is 6.60.